The molecule has 2 aromatic rings. The van der Waals surface area contributed by atoms with E-state index in [0.717, 1.165) is 18.2 Å². The molecule has 0 unspecified atom stereocenters. The fraction of sp³-hybridized carbons (Fsp3) is 0. The molecular weight excluding hydrogens is 383 g/mol. The first-order chi connectivity index (χ1) is 9.70. The summed E-state index contributed by atoms with van der Waals surface area (Å²) < 4.78 is 39.8. The van der Waals surface area contributed by atoms with Gasteiger partial charge in [0.05, 0.1) is 25.8 Å². The van der Waals surface area contributed by atoms with Crippen molar-refractivity contribution >= 4 is 62.1 Å². The third-order valence-corrected chi connectivity index (χ3v) is 5.29. The van der Waals surface area contributed by atoms with Crippen molar-refractivity contribution in [3.63, 3.8) is 0 Å². The van der Waals surface area contributed by atoms with Crippen molar-refractivity contribution in [1.82, 2.24) is 0 Å². The molecule has 0 amide bonds. The Balaban J connectivity index is 2.43. The lowest BCUT2D eigenvalue weighted by Gasteiger charge is -2.11. The number of hydrogen-bond donors (Lipinski definition) is 1. The normalized spacial score (nSPS) is 11.5. The Morgan fingerprint density at radius 3 is 2.10 bits per heavy atom. The number of halogens is 5. The third-order valence-electron chi connectivity index (χ3n) is 2.44. The lowest BCUT2D eigenvalue weighted by Crippen LogP contribution is -2.13. The molecule has 1 N–H and O–H groups in total. The molecule has 9 heteroatoms. The second-order valence-corrected chi connectivity index (χ2v) is 7.21. The molecule has 2 rings (SSSR count). The first kappa shape index (κ1) is 16.6. The van der Waals surface area contributed by atoms with Crippen molar-refractivity contribution < 1.29 is 12.8 Å². The highest BCUT2D eigenvalue weighted by atomic mass is 35.5. The van der Waals surface area contributed by atoms with Gasteiger partial charge in [-0.05, 0) is 30.3 Å². The molecule has 0 aliphatic carbocycles. The van der Waals surface area contributed by atoms with Crippen LogP contribution in [0.3, 0.4) is 0 Å². The predicted octanol–water partition coefficient (Wildman–Crippen LogP) is 5.24. The molecule has 0 saturated carbocycles. The second-order valence-electron chi connectivity index (χ2n) is 3.93. The van der Waals surface area contributed by atoms with E-state index in [1.165, 1.54) is 12.1 Å². The Morgan fingerprint density at radius 1 is 0.857 bits per heavy atom. The molecule has 0 atom stereocenters. The molecule has 2 aromatic carbocycles. The van der Waals surface area contributed by atoms with E-state index in [-0.39, 0.29) is 30.7 Å². The molecule has 0 aliphatic rings. The van der Waals surface area contributed by atoms with Crippen LogP contribution < -0.4 is 4.72 Å². The maximum Gasteiger partial charge on any atom is 0.263 e. The highest BCUT2D eigenvalue weighted by molar-refractivity contribution is 7.92. The smallest absolute Gasteiger partial charge is 0.263 e. The second kappa shape index (κ2) is 6.18. The SMILES string of the molecule is O=S(=O)(Nc1ccc(F)c(Cl)c1)c1cc(Cl)c(Cl)cc1Cl. The first-order valence-corrected chi connectivity index (χ1v) is 8.32. The van der Waals surface area contributed by atoms with Crippen LogP contribution in [-0.4, -0.2) is 8.42 Å². The molecular formula is C12H6Cl4FNO2S. The van der Waals surface area contributed by atoms with Gasteiger partial charge in [-0.25, -0.2) is 12.8 Å². The molecule has 0 saturated heterocycles. The largest absolute Gasteiger partial charge is 0.280 e. The lowest BCUT2D eigenvalue weighted by atomic mass is 10.3. The van der Waals surface area contributed by atoms with Gasteiger partial charge in [-0.1, -0.05) is 46.4 Å². The van der Waals surface area contributed by atoms with Crippen molar-refractivity contribution in [2.24, 2.45) is 0 Å². The summed E-state index contributed by atoms with van der Waals surface area (Å²) in [6, 6.07) is 5.75. The van der Waals surface area contributed by atoms with Crippen molar-refractivity contribution in [2.75, 3.05) is 4.72 Å². The van der Waals surface area contributed by atoms with Gasteiger partial charge in [0, 0.05) is 0 Å². The van der Waals surface area contributed by atoms with Gasteiger partial charge in [-0.15, -0.1) is 0 Å². The van der Waals surface area contributed by atoms with Crippen LogP contribution in [0, 0.1) is 5.82 Å². The molecule has 0 fully saturated rings. The summed E-state index contributed by atoms with van der Waals surface area (Å²) in [5.41, 5.74) is 0.0866. The summed E-state index contributed by atoms with van der Waals surface area (Å²) in [5.74, 6) is -0.660. The minimum atomic E-state index is -4.02. The molecule has 0 aromatic heterocycles. The Bertz CT molecular complexity index is 811. The minimum absolute atomic E-state index is 0.0404. The zero-order valence-electron chi connectivity index (χ0n) is 10.0. The number of sulfonamides is 1. The van der Waals surface area contributed by atoms with Crippen LogP contribution in [0.4, 0.5) is 10.1 Å². The molecule has 0 bridgehead atoms. The molecule has 21 heavy (non-hydrogen) atoms. The van der Waals surface area contributed by atoms with Crippen molar-refractivity contribution in [2.45, 2.75) is 4.90 Å². The average Bonchev–Trinajstić information content (AvgIpc) is 2.37. The number of rotatable bonds is 3. The van der Waals surface area contributed by atoms with Crippen LogP contribution in [0.5, 0.6) is 0 Å². The molecule has 0 heterocycles. The standard InChI is InChI=1S/C12H6Cl4FNO2S/c13-7-4-10(16)12(5-8(7)14)21(19,20)18-6-1-2-11(17)9(15)3-6/h1-5,18H. The van der Waals surface area contributed by atoms with Crippen LogP contribution in [0.2, 0.25) is 20.1 Å². The van der Waals surface area contributed by atoms with E-state index in [0.29, 0.717) is 0 Å². The number of nitrogens with one attached hydrogen (secondary N) is 1. The third kappa shape index (κ3) is 3.73. The van der Waals surface area contributed by atoms with Crippen molar-refractivity contribution in [3.8, 4) is 0 Å². The zero-order chi connectivity index (χ0) is 15.8. The number of anilines is 1. The number of hydrogen-bond acceptors (Lipinski definition) is 2. The molecule has 112 valence electrons. The van der Waals surface area contributed by atoms with Crippen LogP contribution in [0.1, 0.15) is 0 Å². The highest BCUT2D eigenvalue weighted by Crippen LogP contribution is 2.32. The summed E-state index contributed by atoms with van der Waals surface area (Å²) in [5, 5.41) is -0.135. The topological polar surface area (TPSA) is 46.2 Å². The fourth-order valence-electron chi connectivity index (χ4n) is 1.48. The van der Waals surface area contributed by atoms with Crippen LogP contribution >= 0.6 is 46.4 Å². The van der Waals surface area contributed by atoms with Gasteiger partial charge in [0.1, 0.15) is 10.7 Å². The van der Waals surface area contributed by atoms with Crippen LogP contribution in [-0.2, 0) is 10.0 Å². The fourth-order valence-corrected chi connectivity index (χ4v) is 3.71. The maximum atomic E-state index is 13.1. The summed E-state index contributed by atoms with van der Waals surface area (Å²) >= 11 is 23.0. The van der Waals surface area contributed by atoms with Gasteiger partial charge in [0.2, 0.25) is 0 Å². The predicted molar refractivity (Wildman–Crippen MR) is 83.7 cm³/mol. The summed E-state index contributed by atoms with van der Waals surface area (Å²) in [7, 11) is -4.02. The van der Waals surface area contributed by atoms with Gasteiger partial charge in [0.15, 0.2) is 0 Å². The zero-order valence-corrected chi connectivity index (χ0v) is 13.8. The molecule has 3 nitrogen and oxygen atoms in total. The molecule has 0 spiro atoms. The van der Waals surface area contributed by atoms with Gasteiger partial charge in [-0.3, -0.25) is 4.72 Å². The monoisotopic (exact) mass is 387 g/mol. The summed E-state index contributed by atoms with van der Waals surface area (Å²) in [6.45, 7) is 0. The van der Waals surface area contributed by atoms with Crippen molar-refractivity contribution in [3.05, 3.63) is 56.2 Å². The van der Waals surface area contributed by atoms with E-state index in [9.17, 15) is 12.8 Å². The highest BCUT2D eigenvalue weighted by Gasteiger charge is 2.20. The van der Waals surface area contributed by atoms with Gasteiger partial charge >= 0.3 is 0 Å². The maximum absolute atomic E-state index is 13.1. The Labute approximate surface area is 140 Å². The first-order valence-electron chi connectivity index (χ1n) is 5.33. The van der Waals surface area contributed by atoms with Gasteiger partial charge in [0.25, 0.3) is 10.0 Å². The minimum Gasteiger partial charge on any atom is -0.280 e. The summed E-state index contributed by atoms with van der Waals surface area (Å²) in [6.07, 6.45) is 0. The van der Waals surface area contributed by atoms with Gasteiger partial charge in [-0.2, -0.15) is 0 Å². The average molecular weight is 389 g/mol. The summed E-state index contributed by atoms with van der Waals surface area (Å²) in [4.78, 5) is -0.251. The van der Waals surface area contributed by atoms with E-state index in [1.807, 2.05) is 0 Å². The lowest BCUT2D eigenvalue weighted by molar-refractivity contribution is 0.601. The molecule has 0 radical (unpaired) electrons. The van der Waals surface area contributed by atoms with E-state index in [2.05, 4.69) is 4.72 Å². The van der Waals surface area contributed by atoms with Crippen molar-refractivity contribution in [1.29, 1.82) is 0 Å². The Morgan fingerprint density at radius 2 is 1.48 bits per heavy atom. The number of benzene rings is 2. The van der Waals surface area contributed by atoms with E-state index in [1.54, 1.807) is 0 Å². The van der Waals surface area contributed by atoms with E-state index in [4.69, 9.17) is 46.4 Å². The van der Waals surface area contributed by atoms with Crippen LogP contribution in [0.25, 0.3) is 0 Å². The Kier molecular flexibility index (Phi) is 4.90. The van der Waals surface area contributed by atoms with Crippen LogP contribution in [0.15, 0.2) is 35.2 Å². The van der Waals surface area contributed by atoms with E-state index >= 15 is 0 Å². The molecule has 0 aliphatic heterocycles. The quantitative estimate of drug-likeness (QED) is 0.730. The Hall–Kier alpha value is -0.720. The van der Waals surface area contributed by atoms with Gasteiger partial charge < -0.3 is 0 Å². The van der Waals surface area contributed by atoms with E-state index < -0.39 is 15.8 Å².